The van der Waals surface area contributed by atoms with Crippen molar-refractivity contribution in [3.8, 4) is 0 Å². The maximum Gasteiger partial charge on any atom is 0.320 e. The summed E-state index contributed by atoms with van der Waals surface area (Å²) in [6.45, 7) is 1.67. The molecule has 0 fully saturated rings. The maximum absolute atomic E-state index is 11.3. The summed E-state index contributed by atoms with van der Waals surface area (Å²) in [6, 6.07) is 3.20. The van der Waals surface area contributed by atoms with E-state index in [1.54, 1.807) is 13.0 Å². The van der Waals surface area contributed by atoms with Gasteiger partial charge in [-0.1, -0.05) is 6.07 Å². The van der Waals surface area contributed by atoms with Gasteiger partial charge in [0.05, 0.1) is 6.04 Å². The summed E-state index contributed by atoms with van der Waals surface area (Å²) in [4.78, 5) is 11.1. The second-order valence-electron chi connectivity index (χ2n) is 3.01. The molecule has 1 aromatic rings. The summed E-state index contributed by atoms with van der Waals surface area (Å²) in [5.74, 6) is -2.26. The molecule has 0 spiro atoms. The molecule has 0 amide bonds. The van der Waals surface area contributed by atoms with Gasteiger partial charge in [0.2, 0.25) is 10.0 Å². The number of aliphatic carboxylic acids is 1. The van der Waals surface area contributed by atoms with Crippen LogP contribution in [0.15, 0.2) is 17.5 Å². The van der Waals surface area contributed by atoms with Gasteiger partial charge < -0.3 is 5.11 Å². The summed E-state index contributed by atoms with van der Waals surface area (Å²) >= 11 is 1.42. The SMILES string of the molecule is C[C@H](NS(=O)(=O)CC(=O)O)c1cccs1. The molecule has 7 heteroatoms. The molecule has 0 saturated carbocycles. The second kappa shape index (κ2) is 4.73. The molecule has 0 saturated heterocycles. The van der Waals surface area contributed by atoms with Crippen molar-refractivity contribution >= 4 is 27.3 Å². The van der Waals surface area contributed by atoms with Gasteiger partial charge in [0.15, 0.2) is 5.75 Å². The molecule has 1 atom stereocenters. The van der Waals surface area contributed by atoms with Gasteiger partial charge in [-0.15, -0.1) is 11.3 Å². The van der Waals surface area contributed by atoms with E-state index in [4.69, 9.17) is 5.11 Å². The molecule has 0 bridgehead atoms. The first-order valence-electron chi connectivity index (χ1n) is 4.16. The molecule has 1 heterocycles. The predicted molar refractivity (Wildman–Crippen MR) is 57.3 cm³/mol. The Bertz CT molecular complexity index is 424. The Morgan fingerprint density at radius 1 is 1.67 bits per heavy atom. The number of carboxylic acid groups (broad SMARTS) is 1. The number of thiophene rings is 1. The second-order valence-corrected chi connectivity index (χ2v) is 5.74. The molecule has 0 aromatic carbocycles. The number of hydrogen-bond acceptors (Lipinski definition) is 4. The number of rotatable bonds is 5. The largest absolute Gasteiger partial charge is 0.480 e. The van der Waals surface area contributed by atoms with Crippen molar-refractivity contribution in [3.63, 3.8) is 0 Å². The van der Waals surface area contributed by atoms with Crippen molar-refractivity contribution in [1.82, 2.24) is 4.72 Å². The van der Waals surface area contributed by atoms with Gasteiger partial charge in [0.1, 0.15) is 0 Å². The number of carbonyl (C=O) groups is 1. The monoisotopic (exact) mass is 249 g/mol. The van der Waals surface area contributed by atoms with Gasteiger partial charge in [0.25, 0.3) is 0 Å². The van der Waals surface area contributed by atoms with E-state index < -0.39 is 27.8 Å². The minimum Gasteiger partial charge on any atom is -0.480 e. The molecule has 84 valence electrons. The molecular formula is C8H11NO4S2. The van der Waals surface area contributed by atoms with Crippen molar-refractivity contribution in [1.29, 1.82) is 0 Å². The first-order valence-corrected chi connectivity index (χ1v) is 6.69. The van der Waals surface area contributed by atoms with Gasteiger partial charge >= 0.3 is 5.97 Å². The van der Waals surface area contributed by atoms with Gasteiger partial charge in [-0.3, -0.25) is 4.79 Å². The lowest BCUT2D eigenvalue weighted by Crippen LogP contribution is -2.31. The minimum atomic E-state index is -3.75. The predicted octanol–water partition coefficient (Wildman–Crippen LogP) is 0.813. The van der Waals surface area contributed by atoms with E-state index in [1.807, 2.05) is 11.4 Å². The summed E-state index contributed by atoms with van der Waals surface area (Å²) in [5.41, 5.74) is 0. The van der Waals surface area contributed by atoms with Crippen molar-refractivity contribution in [2.75, 3.05) is 5.75 Å². The quantitative estimate of drug-likeness (QED) is 0.809. The Morgan fingerprint density at radius 3 is 2.80 bits per heavy atom. The Balaban J connectivity index is 2.66. The number of carboxylic acids is 1. The van der Waals surface area contributed by atoms with E-state index in [1.165, 1.54) is 11.3 Å². The smallest absolute Gasteiger partial charge is 0.320 e. The van der Waals surface area contributed by atoms with Crippen molar-refractivity contribution in [3.05, 3.63) is 22.4 Å². The highest BCUT2D eigenvalue weighted by Gasteiger charge is 2.19. The zero-order valence-corrected chi connectivity index (χ0v) is 9.64. The van der Waals surface area contributed by atoms with Crippen LogP contribution in [0.3, 0.4) is 0 Å². The molecule has 0 aliphatic rings. The molecule has 1 rings (SSSR count). The summed E-state index contributed by atoms with van der Waals surface area (Å²) in [5, 5.41) is 10.2. The Hall–Kier alpha value is -0.920. The van der Waals surface area contributed by atoms with Crippen LogP contribution in [0, 0.1) is 0 Å². The molecule has 0 aliphatic carbocycles. The average molecular weight is 249 g/mol. The molecule has 2 N–H and O–H groups in total. The summed E-state index contributed by atoms with van der Waals surface area (Å²) in [6.07, 6.45) is 0. The highest BCUT2D eigenvalue weighted by molar-refractivity contribution is 7.90. The van der Waals surface area contributed by atoms with Crippen LogP contribution in [0.2, 0.25) is 0 Å². The fraction of sp³-hybridized carbons (Fsp3) is 0.375. The van der Waals surface area contributed by atoms with Crippen LogP contribution in [-0.2, 0) is 14.8 Å². The third-order valence-electron chi connectivity index (χ3n) is 1.64. The van der Waals surface area contributed by atoms with Gasteiger partial charge in [-0.05, 0) is 18.4 Å². The van der Waals surface area contributed by atoms with Crippen LogP contribution in [-0.4, -0.2) is 25.2 Å². The first-order chi connectivity index (χ1) is 6.91. The average Bonchev–Trinajstić information content (AvgIpc) is 2.50. The molecule has 0 unspecified atom stereocenters. The van der Waals surface area contributed by atoms with Crippen LogP contribution in [0.25, 0.3) is 0 Å². The lowest BCUT2D eigenvalue weighted by Gasteiger charge is -2.10. The van der Waals surface area contributed by atoms with Crippen LogP contribution in [0.5, 0.6) is 0 Å². The molecule has 5 nitrogen and oxygen atoms in total. The van der Waals surface area contributed by atoms with E-state index in [2.05, 4.69) is 4.72 Å². The van der Waals surface area contributed by atoms with E-state index in [0.29, 0.717) is 0 Å². The molecule has 1 aromatic heterocycles. The molecule has 0 aliphatic heterocycles. The van der Waals surface area contributed by atoms with E-state index in [-0.39, 0.29) is 0 Å². The molecule has 15 heavy (non-hydrogen) atoms. The number of nitrogens with one attached hydrogen (secondary N) is 1. The maximum atomic E-state index is 11.3. The third-order valence-corrected chi connectivity index (χ3v) is 4.03. The van der Waals surface area contributed by atoms with Crippen molar-refractivity contribution in [2.45, 2.75) is 13.0 Å². The molecule has 0 radical (unpaired) electrons. The van der Waals surface area contributed by atoms with Gasteiger partial charge in [-0.2, -0.15) is 0 Å². The van der Waals surface area contributed by atoms with Gasteiger partial charge in [-0.25, -0.2) is 13.1 Å². The van der Waals surface area contributed by atoms with Crippen LogP contribution in [0.4, 0.5) is 0 Å². The lowest BCUT2D eigenvalue weighted by molar-refractivity contribution is -0.134. The fourth-order valence-corrected chi connectivity index (χ4v) is 2.95. The Labute approximate surface area is 91.8 Å². The fourth-order valence-electron chi connectivity index (χ4n) is 1.07. The van der Waals surface area contributed by atoms with Crippen LogP contribution >= 0.6 is 11.3 Å². The highest BCUT2D eigenvalue weighted by atomic mass is 32.2. The lowest BCUT2D eigenvalue weighted by atomic mass is 10.3. The first kappa shape index (κ1) is 12.2. The summed E-state index contributed by atoms with van der Waals surface area (Å²) in [7, 11) is -3.75. The Kier molecular flexibility index (Phi) is 3.83. The number of sulfonamides is 1. The zero-order chi connectivity index (χ0) is 11.5. The standard InChI is InChI=1S/C8H11NO4S2/c1-6(7-3-2-4-14-7)9-15(12,13)5-8(10)11/h2-4,6,9H,5H2,1H3,(H,10,11)/t6-/m0/s1. The highest BCUT2D eigenvalue weighted by Crippen LogP contribution is 2.18. The minimum absolute atomic E-state index is 0.394. The van der Waals surface area contributed by atoms with E-state index in [9.17, 15) is 13.2 Å². The van der Waals surface area contributed by atoms with Gasteiger partial charge in [0, 0.05) is 4.88 Å². The Morgan fingerprint density at radius 2 is 2.33 bits per heavy atom. The zero-order valence-electron chi connectivity index (χ0n) is 8.00. The topological polar surface area (TPSA) is 83.5 Å². The van der Waals surface area contributed by atoms with E-state index in [0.717, 1.165) is 4.88 Å². The van der Waals surface area contributed by atoms with E-state index >= 15 is 0 Å². The normalized spacial score (nSPS) is 13.7. The number of hydrogen-bond donors (Lipinski definition) is 2. The summed E-state index contributed by atoms with van der Waals surface area (Å²) < 4.78 is 24.8. The third kappa shape index (κ3) is 3.98. The van der Waals surface area contributed by atoms with Crippen LogP contribution < -0.4 is 4.72 Å². The van der Waals surface area contributed by atoms with Crippen molar-refractivity contribution < 1.29 is 18.3 Å². The molecular weight excluding hydrogens is 238 g/mol. The van der Waals surface area contributed by atoms with Crippen molar-refractivity contribution in [2.24, 2.45) is 0 Å². The van der Waals surface area contributed by atoms with Crippen LogP contribution in [0.1, 0.15) is 17.8 Å².